The van der Waals surface area contributed by atoms with E-state index in [1.54, 1.807) is 24.3 Å². The summed E-state index contributed by atoms with van der Waals surface area (Å²) >= 11 is 0. The second-order valence-electron chi connectivity index (χ2n) is 4.03. The summed E-state index contributed by atoms with van der Waals surface area (Å²) in [7, 11) is 0. The topological polar surface area (TPSA) is 66.4 Å². The second kappa shape index (κ2) is 4.35. The Hall–Kier alpha value is -1.84. The van der Waals surface area contributed by atoms with Crippen LogP contribution in [0.2, 0.25) is 0 Å². The van der Waals surface area contributed by atoms with Gasteiger partial charge in [0.2, 0.25) is 5.91 Å². The van der Waals surface area contributed by atoms with E-state index in [-0.39, 0.29) is 18.2 Å². The number of carbonyl (C=O) groups is 2. The Bertz CT molecular complexity index is 407. The van der Waals surface area contributed by atoms with E-state index in [2.05, 4.69) is 5.32 Å². The van der Waals surface area contributed by atoms with Crippen LogP contribution in [0.25, 0.3) is 0 Å². The number of benzene rings is 1. The minimum Gasteiger partial charge on any atom is -0.481 e. The van der Waals surface area contributed by atoms with Crippen LogP contribution < -0.4 is 5.32 Å². The van der Waals surface area contributed by atoms with Crippen LogP contribution in [0.5, 0.6) is 0 Å². The van der Waals surface area contributed by atoms with Gasteiger partial charge >= 0.3 is 5.97 Å². The number of anilines is 1. The van der Waals surface area contributed by atoms with Crippen molar-refractivity contribution in [3.63, 3.8) is 0 Å². The molecule has 16 heavy (non-hydrogen) atoms. The number of rotatable bonds is 4. The van der Waals surface area contributed by atoms with Gasteiger partial charge < -0.3 is 10.4 Å². The van der Waals surface area contributed by atoms with Gasteiger partial charge in [-0.3, -0.25) is 9.59 Å². The van der Waals surface area contributed by atoms with Gasteiger partial charge in [-0.2, -0.15) is 0 Å². The molecular formula is C12H13NO3. The van der Waals surface area contributed by atoms with E-state index in [4.69, 9.17) is 5.11 Å². The molecule has 1 fully saturated rings. The number of nitrogens with one attached hydrogen (secondary N) is 1. The lowest BCUT2D eigenvalue weighted by atomic mass is 10.1. The number of carboxylic acids is 1. The van der Waals surface area contributed by atoms with Crippen molar-refractivity contribution < 1.29 is 14.7 Å². The number of carboxylic acid groups (broad SMARTS) is 1. The number of carbonyl (C=O) groups excluding carboxylic acids is 1. The summed E-state index contributed by atoms with van der Waals surface area (Å²) in [5.41, 5.74) is 1.46. The van der Waals surface area contributed by atoms with Gasteiger partial charge in [0.05, 0.1) is 6.42 Å². The summed E-state index contributed by atoms with van der Waals surface area (Å²) in [6.07, 6.45) is 1.96. The molecule has 1 aromatic carbocycles. The van der Waals surface area contributed by atoms with Crippen LogP contribution >= 0.6 is 0 Å². The van der Waals surface area contributed by atoms with Crippen molar-refractivity contribution in [2.75, 3.05) is 5.32 Å². The number of hydrogen-bond acceptors (Lipinski definition) is 2. The van der Waals surface area contributed by atoms with Crippen LogP contribution in [-0.2, 0) is 16.0 Å². The quantitative estimate of drug-likeness (QED) is 0.809. The van der Waals surface area contributed by atoms with E-state index < -0.39 is 5.97 Å². The van der Waals surface area contributed by atoms with E-state index >= 15 is 0 Å². The predicted octanol–water partition coefficient (Wildman–Crippen LogP) is 1.66. The van der Waals surface area contributed by atoms with E-state index in [1.807, 2.05) is 0 Å². The Morgan fingerprint density at radius 3 is 2.38 bits per heavy atom. The molecule has 0 saturated heterocycles. The summed E-state index contributed by atoms with van der Waals surface area (Å²) in [4.78, 5) is 21.9. The number of hydrogen-bond donors (Lipinski definition) is 2. The Balaban J connectivity index is 1.95. The fourth-order valence-electron chi connectivity index (χ4n) is 1.47. The largest absolute Gasteiger partial charge is 0.481 e. The maximum absolute atomic E-state index is 11.4. The molecule has 4 nitrogen and oxygen atoms in total. The molecule has 4 heteroatoms. The lowest BCUT2D eigenvalue weighted by Crippen LogP contribution is -2.13. The van der Waals surface area contributed by atoms with Gasteiger partial charge in [0, 0.05) is 11.6 Å². The van der Waals surface area contributed by atoms with Crippen molar-refractivity contribution >= 4 is 17.6 Å². The van der Waals surface area contributed by atoms with Crippen LogP contribution in [-0.4, -0.2) is 17.0 Å². The van der Waals surface area contributed by atoms with Gasteiger partial charge in [-0.1, -0.05) is 12.1 Å². The monoisotopic (exact) mass is 219 g/mol. The van der Waals surface area contributed by atoms with E-state index in [1.165, 1.54) is 0 Å². The van der Waals surface area contributed by atoms with Crippen LogP contribution in [0.15, 0.2) is 24.3 Å². The number of aliphatic carboxylic acids is 1. The molecule has 1 aliphatic carbocycles. The van der Waals surface area contributed by atoms with Gasteiger partial charge in [0.25, 0.3) is 0 Å². The first kappa shape index (κ1) is 10.7. The minimum atomic E-state index is -0.852. The zero-order chi connectivity index (χ0) is 11.5. The molecule has 0 heterocycles. The third-order valence-electron chi connectivity index (χ3n) is 2.52. The summed E-state index contributed by atoms with van der Waals surface area (Å²) in [6.45, 7) is 0. The first-order valence-corrected chi connectivity index (χ1v) is 5.27. The van der Waals surface area contributed by atoms with Crippen LogP contribution in [0.3, 0.4) is 0 Å². The molecule has 2 N–H and O–H groups in total. The fourth-order valence-corrected chi connectivity index (χ4v) is 1.47. The molecule has 0 atom stereocenters. The molecule has 1 aromatic rings. The molecule has 0 aliphatic heterocycles. The molecule has 0 spiro atoms. The van der Waals surface area contributed by atoms with Crippen molar-refractivity contribution in [3.05, 3.63) is 29.8 Å². The molecule has 2 rings (SSSR count). The Morgan fingerprint density at radius 2 is 1.88 bits per heavy atom. The molecule has 1 saturated carbocycles. The molecule has 0 bridgehead atoms. The van der Waals surface area contributed by atoms with Gasteiger partial charge in [-0.25, -0.2) is 0 Å². The lowest BCUT2D eigenvalue weighted by molar-refractivity contribution is -0.136. The smallest absolute Gasteiger partial charge is 0.307 e. The maximum Gasteiger partial charge on any atom is 0.307 e. The molecule has 84 valence electrons. The molecule has 0 radical (unpaired) electrons. The summed E-state index contributed by atoms with van der Waals surface area (Å²) in [6, 6.07) is 6.91. The van der Waals surface area contributed by atoms with Crippen molar-refractivity contribution in [1.82, 2.24) is 0 Å². The highest BCUT2D eigenvalue weighted by Gasteiger charge is 2.29. The normalized spacial score (nSPS) is 14.5. The van der Waals surface area contributed by atoms with Crippen molar-refractivity contribution in [2.45, 2.75) is 19.3 Å². The Kier molecular flexibility index (Phi) is 2.90. The summed E-state index contributed by atoms with van der Waals surface area (Å²) < 4.78 is 0. The Morgan fingerprint density at radius 1 is 1.25 bits per heavy atom. The third kappa shape index (κ3) is 2.82. The highest BCUT2D eigenvalue weighted by atomic mass is 16.4. The van der Waals surface area contributed by atoms with Crippen molar-refractivity contribution in [1.29, 1.82) is 0 Å². The highest BCUT2D eigenvalue weighted by Crippen LogP contribution is 2.30. The number of amides is 1. The maximum atomic E-state index is 11.4. The average Bonchev–Trinajstić information content (AvgIpc) is 3.03. The van der Waals surface area contributed by atoms with Crippen LogP contribution in [0.4, 0.5) is 5.69 Å². The standard InChI is InChI=1S/C12H13NO3/c14-11(15)7-8-1-5-10(6-2-8)13-12(16)9-3-4-9/h1-2,5-6,9H,3-4,7H2,(H,13,16)(H,14,15). The zero-order valence-corrected chi connectivity index (χ0v) is 8.77. The van der Waals surface area contributed by atoms with Gasteiger partial charge in [0.15, 0.2) is 0 Å². The first-order chi connectivity index (χ1) is 7.65. The predicted molar refractivity (Wildman–Crippen MR) is 59.1 cm³/mol. The van der Waals surface area contributed by atoms with Gasteiger partial charge in [0.1, 0.15) is 0 Å². The SMILES string of the molecule is O=C(O)Cc1ccc(NC(=O)C2CC2)cc1. The average molecular weight is 219 g/mol. The molecule has 1 aliphatic rings. The van der Waals surface area contributed by atoms with Crippen LogP contribution in [0.1, 0.15) is 18.4 Å². The highest BCUT2D eigenvalue weighted by molar-refractivity contribution is 5.94. The van der Waals surface area contributed by atoms with E-state index in [0.29, 0.717) is 0 Å². The molecule has 0 aromatic heterocycles. The van der Waals surface area contributed by atoms with Gasteiger partial charge in [-0.15, -0.1) is 0 Å². The molecule has 1 amide bonds. The van der Waals surface area contributed by atoms with Crippen molar-refractivity contribution in [2.24, 2.45) is 5.92 Å². The van der Waals surface area contributed by atoms with Crippen molar-refractivity contribution in [3.8, 4) is 0 Å². The molecule has 0 unspecified atom stereocenters. The van der Waals surface area contributed by atoms with E-state index in [0.717, 1.165) is 24.1 Å². The summed E-state index contributed by atoms with van der Waals surface area (Å²) in [5, 5.41) is 11.4. The fraction of sp³-hybridized carbons (Fsp3) is 0.333. The third-order valence-corrected chi connectivity index (χ3v) is 2.52. The summed E-state index contributed by atoms with van der Waals surface area (Å²) in [5.74, 6) is -0.612. The zero-order valence-electron chi connectivity index (χ0n) is 8.77. The Labute approximate surface area is 93.3 Å². The lowest BCUT2D eigenvalue weighted by Gasteiger charge is -2.04. The minimum absolute atomic E-state index is 0.0108. The molecular weight excluding hydrogens is 206 g/mol. The van der Waals surface area contributed by atoms with Crippen LogP contribution in [0, 0.1) is 5.92 Å². The van der Waals surface area contributed by atoms with E-state index in [9.17, 15) is 9.59 Å². The first-order valence-electron chi connectivity index (χ1n) is 5.27. The van der Waals surface area contributed by atoms with Gasteiger partial charge in [-0.05, 0) is 30.5 Å². The second-order valence-corrected chi connectivity index (χ2v) is 4.03.